The molecule has 0 radical (unpaired) electrons. The minimum absolute atomic E-state index is 0.173. The molecule has 0 aliphatic rings. The highest BCUT2D eigenvalue weighted by atomic mass is 79.9. The first kappa shape index (κ1) is 19.9. The summed E-state index contributed by atoms with van der Waals surface area (Å²) in [6.45, 7) is 0.808. The molecular weight excluding hydrogens is 418 g/mol. The second-order valence-electron chi connectivity index (χ2n) is 6.51. The normalized spacial score (nSPS) is 10.4. The van der Waals surface area contributed by atoms with Crippen LogP contribution in [0.15, 0.2) is 71.3 Å². The summed E-state index contributed by atoms with van der Waals surface area (Å²) < 4.78 is 6.90. The molecule has 28 heavy (non-hydrogen) atoms. The number of carbonyl (C=O) groups is 1. The molecule has 0 spiro atoms. The Morgan fingerprint density at radius 2 is 1.89 bits per heavy atom. The van der Waals surface area contributed by atoms with Crippen LogP contribution in [0.5, 0.6) is 5.75 Å². The average molecular weight is 440 g/mol. The van der Waals surface area contributed by atoms with Gasteiger partial charge in [0.2, 0.25) is 0 Å². The Morgan fingerprint density at radius 3 is 2.68 bits per heavy atom. The number of nitrogens with one attached hydrogen (secondary N) is 1. The van der Waals surface area contributed by atoms with E-state index in [1.54, 1.807) is 12.3 Å². The summed E-state index contributed by atoms with van der Waals surface area (Å²) in [5.41, 5.74) is 2.52. The maximum atomic E-state index is 12.7. The minimum atomic E-state index is -0.173. The van der Waals surface area contributed by atoms with E-state index in [1.807, 2.05) is 73.6 Å². The van der Waals surface area contributed by atoms with Crippen LogP contribution in [0.1, 0.15) is 21.5 Å². The predicted molar refractivity (Wildman–Crippen MR) is 115 cm³/mol. The van der Waals surface area contributed by atoms with Crippen molar-refractivity contribution in [2.24, 2.45) is 0 Å². The van der Waals surface area contributed by atoms with Crippen molar-refractivity contribution in [2.75, 3.05) is 19.0 Å². The lowest BCUT2D eigenvalue weighted by Gasteiger charge is -2.14. The molecule has 0 bridgehead atoms. The third-order valence-corrected chi connectivity index (χ3v) is 4.63. The van der Waals surface area contributed by atoms with Crippen molar-refractivity contribution in [3.05, 3.63) is 88.0 Å². The molecule has 0 unspecified atom stereocenters. The number of nitrogens with zero attached hydrogens (tertiary/aromatic N) is 2. The molecule has 0 saturated carbocycles. The van der Waals surface area contributed by atoms with Crippen molar-refractivity contribution in [2.45, 2.75) is 13.2 Å². The van der Waals surface area contributed by atoms with Crippen LogP contribution in [-0.4, -0.2) is 25.0 Å². The molecule has 1 heterocycles. The van der Waals surface area contributed by atoms with Gasteiger partial charge in [-0.1, -0.05) is 40.2 Å². The van der Waals surface area contributed by atoms with E-state index < -0.39 is 0 Å². The number of amides is 1. The molecule has 1 amide bonds. The molecule has 3 aromatic rings. The van der Waals surface area contributed by atoms with Crippen LogP contribution in [0.3, 0.4) is 0 Å². The van der Waals surface area contributed by atoms with E-state index in [-0.39, 0.29) is 5.91 Å². The molecular formula is C22H22BrN3O2. The number of pyridine rings is 1. The monoisotopic (exact) mass is 439 g/mol. The molecule has 0 fully saturated rings. The zero-order valence-corrected chi connectivity index (χ0v) is 17.4. The Hall–Kier alpha value is -2.86. The van der Waals surface area contributed by atoms with Crippen LogP contribution >= 0.6 is 15.9 Å². The maximum absolute atomic E-state index is 12.7. The second kappa shape index (κ2) is 9.37. The maximum Gasteiger partial charge on any atom is 0.255 e. The zero-order valence-electron chi connectivity index (χ0n) is 15.9. The van der Waals surface area contributed by atoms with Crippen LogP contribution in [-0.2, 0) is 13.2 Å². The number of rotatable bonds is 7. The predicted octanol–water partition coefficient (Wildman–Crippen LogP) is 4.42. The molecule has 2 aromatic carbocycles. The van der Waals surface area contributed by atoms with Gasteiger partial charge < -0.3 is 15.0 Å². The highest BCUT2D eigenvalue weighted by Gasteiger charge is 2.12. The number of hydrogen-bond donors (Lipinski definition) is 1. The first-order valence-electron chi connectivity index (χ1n) is 8.89. The van der Waals surface area contributed by atoms with Crippen molar-refractivity contribution in [1.29, 1.82) is 0 Å². The van der Waals surface area contributed by atoms with E-state index in [0.717, 1.165) is 21.4 Å². The number of hydrogen-bond acceptors (Lipinski definition) is 4. The molecule has 1 N–H and O–H groups in total. The molecule has 0 aliphatic heterocycles. The van der Waals surface area contributed by atoms with Crippen LogP contribution < -0.4 is 15.0 Å². The Morgan fingerprint density at radius 1 is 1.07 bits per heavy atom. The van der Waals surface area contributed by atoms with Gasteiger partial charge in [-0.3, -0.25) is 4.79 Å². The van der Waals surface area contributed by atoms with Crippen molar-refractivity contribution in [3.8, 4) is 5.75 Å². The van der Waals surface area contributed by atoms with E-state index >= 15 is 0 Å². The zero-order chi connectivity index (χ0) is 19.9. The highest BCUT2D eigenvalue weighted by molar-refractivity contribution is 9.10. The molecule has 1 aromatic heterocycles. The van der Waals surface area contributed by atoms with Crippen LogP contribution in [0, 0.1) is 0 Å². The summed E-state index contributed by atoms with van der Waals surface area (Å²) in [6.07, 6.45) is 1.74. The quantitative estimate of drug-likeness (QED) is 0.591. The van der Waals surface area contributed by atoms with Crippen molar-refractivity contribution >= 4 is 27.7 Å². The second-order valence-corrected chi connectivity index (χ2v) is 7.43. The minimum Gasteiger partial charge on any atom is -0.488 e. The number of halogens is 1. The summed E-state index contributed by atoms with van der Waals surface area (Å²) in [4.78, 5) is 18.9. The number of ether oxygens (including phenoxy) is 1. The smallest absolute Gasteiger partial charge is 0.255 e. The molecule has 6 heteroatoms. The van der Waals surface area contributed by atoms with Crippen molar-refractivity contribution in [1.82, 2.24) is 10.3 Å². The van der Waals surface area contributed by atoms with Gasteiger partial charge >= 0.3 is 0 Å². The Bertz CT molecular complexity index is 960. The lowest BCUT2D eigenvalue weighted by molar-refractivity contribution is 0.0946. The van der Waals surface area contributed by atoms with Crippen molar-refractivity contribution in [3.63, 3.8) is 0 Å². The summed E-state index contributed by atoms with van der Waals surface area (Å²) in [6, 6.07) is 19.0. The number of para-hydroxylation sites is 1. The van der Waals surface area contributed by atoms with Crippen LogP contribution in [0.4, 0.5) is 5.82 Å². The Balaban J connectivity index is 1.66. The third-order valence-electron chi connectivity index (χ3n) is 4.14. The van der Waals surface area contributed by atoms with Gasteiger partial charge in [0, 0.05) is 31.3 Å². The number of benzene rings is 2. The fourth-order valence-electron chi connectivity index (χ4n) is 2.66. The van der Waals surface area contributed by atoms with Crippen molar-refractivity contribution < 1.29 is 9.53 Å². The van der Waals surface area contributed by atoms with E-state index in [1.165, 1.54) is 0 Å². The van der Waals surface area contributed by atoms with E-state index in [2.05, 4.69) is 26.2 Å². The summed E-state index contributed by atoms with van der Waals surface area (Å²) >= 11 is 3.46. The van der Waals surface area contributed by atoms with E-state index in [9.17, 15) is 4.79 Å². The molecule has 5 nitrogen and oxygen atoms in total. The van der Waals surface area contributed by atoms with E-state index in [0.29, 0.717) is 24.5 Å². The van der Waals surface area contributed by atoms with Gasteiger partial charge in [-0.25, -0.2) is 4.98 Å². The van der Waals surface area contributed by atoms with Gasteiger partial charge in [0.15, 0.2) is 0 Å². The summed E-state index contributed by atoms with van der Waals surface area (Å²) in [5.74, 6) is 1.24. The van der Waals surface area contributed by atoms with Gasteiger partial charge in [-0.05, 0) is 47.5 Å². The summed E-state index contributed by atoms with van der Waals surface area (Å²) in [5, 5.41) is 2.96. The third kappa shape index (κ3) is 5.33. The van der Waals surface area contributed by atoms with E-state index in [4.69, 9.17) is 4.74 Å². The van der Waals surface area contributed by atoms with Gasteiger partial charge in [-0.15, -0.1) is 0 Å². The van der Waals surface area contributed by atoms with Gasteiger partial charge in [-0.2, -0.15) is 0 Å². The van der Waals surface area contributed by atoms with Gasteiger partial charge in [0.1, 0.15) is 18.2 Å². The fourth-order valence-corrected chi connectivity index (χ4v) is 3.11. The van der Waals surface area contributed by atoms with Crippen LogP contribution in [0.2, 0.25) is 0 Å². The SMILES string of the molecule is CN(C)c1cc(CNC(=O)c2ccccc2OCc2cccc(Br)c2)ccn1. The Kier molecular flexibility index (Phi) is 6.66. The molecule has 3 rings (SSSR count). The molecule has 144 valence electrons. The largest absolute Gasteiger partial charge is 0.488 e. The highest BCUT2D eigenvalue weighted by Crippen LogP contribution is 2.21. The average Bonchev–Trinajstić information content (AvgIpc) is 2.71. The standard InChI is InChI=1S/C22H22BrN3O2/c1-26(2)21-13-16(10-11-24-21)14-25-22(27)19-8-3-4-9-20(19)28-15-17-6-5-7-18(23)12-17/h3-13H,14-15H2,1-2H3,(H,25,27). The van der Waals surface area contributed by atoms with Gasteiger partial charge in [0.05, 0.1) is 5.56 Å². The number of anilines is 1. The lowest BCUT2D eigenvalue weighted by atomic mass is 10.1. The molecule has 0 saturated heterocycles. The molecule has 0 atom stereocenters. The summed E-state index contributed by atoms with van der Waals surface area (Å²) in [7, 11) is 3.87. The Labute approximate surface area is 173 Å². The topological polar surface area (TPSA) is 54.5 Å². The van der Waals surface area contributed by atoms with Gasteiger partial charge in [0.25, 0.3) is 5.91 Å². The first-order chi connectivity index (χ1) is 13.5. The fraction of sp³-hybridized carbons (Fsp3) is 0.182. The first-order valence-corrected chi connectivity index (χ1v) is 9.69. The lowest BCUT2D eigenvalue weighted by Crippen LogP contribution is -2.23. The number of carbonyl (C=O) groups excluding carboxylic acids is 1. The number of aromatic nitrogens is 1. The molecule has 0 aliphatic carbocycles. The van der Waals surface area contributed by atoms with Crippen LogP contribution in [0.25, 0.3) is 0 Å².